The molecule has 1 fully saturated rings. The molecular weight excluding hydrogens is 532 g/mol. The molecule has 1 amide bonds. The van der Waals surface area contributed by atoms with Gasteiger partial charge in [-0.3, -0.25) is 9.10 Å². The number of hydrogen-bond acceptors (Lipinski definition) is 5. The number of para-hydroxylation sites is 1. The number of aliphatic hydroxyl groups is 1. The summed E-state index contributed by atoms with van der Waals surface area (Å²) in [7, 11) is -2.10. The van der Waals surface area contributed by atoms with Crippen molar-refractivity contribution in [2.75, 3.05) is 10.8 Å². The smallest absolute Gasteiger partial charge is 0.352 e. The molecule has 1 saturated heterocycles. The Labute approximate surface area is 232 Å². The monoisotopic (exact) mass is 563 g/mol. The van der Waals surface area contributed by atoms with E-state index in [-0.39, 0.29) is 17.1 Å². The molecule has 0 bridgehead atoms. The summed E-state index contributed by atoms with van der Waals surface area (Å²) in [4.78, 5) is 26.5. The van der Waals surface area contributed by atoms with Crippen LogP contribution in [0.2, 0.25) is 0 Å². The molecule has 1 aromatic heterocycles. The van der Waals surface area contributed by atoms with Crippen LogP contribution in [0.4, 0.5) is 5.69 Å². The number of aromatic nitrogens is 2. The summed E-state index contributed by atoms with van der Waals surface area (Å²) in [6, 6.07) is 12.1. The second-order valence-corrected chi connectivity index (χ2v) is 12.7. The topological polar surface area (TPSA) is 124 Å². The third-order valence-electron chi connectivity index (χ3n) is 8.39. The first-order valence-electron chi connectivity index (χ1n) is 13.2. The summed E-state index contributed by atoms with van der Waals surface area (Å²) in [6.45, 7) is 3.84. The van der Waals surface area contributed by atoms with Crippen molar-refractivity contribution in [1.29, 1.82) is 0 Å². The molecule has 40 heavy (non-hydrogen) atoms. The van der Waals surface area contributed by atoms with E-state index in [4.69, 9.17) is 0 Å². The van der Waals surface area contributed by atoms with Gasteiger partial charge in [-0.25, -0.2) is 22.3 Å². The maximum Gasteiger partial charge on any atom is 0.352 e. The fourth-order valence-electron chi connectivity index (χ4n) is 6.41. The number of nitrogens with zero attached hydrogens (tertiary/aromatic N) is 4. The molecule has 0 unspecified atom stereocenters. The van der Waals surface area contributed by atoms with Gasteiger partial charge in [0.1, 0.15) is 18.1 Å². The van der Waals surface area contributed by atoms with Gasteiger partial charge in [-0.15, -0.1) is 0 Å². The minimum atomic E-state index is -4.05. The van der Waals surface area contributed by atoms with Gasteiger partial charge in [0.05, 0.1) is 48.8 Å². The normalized spacial score (nSPS) is 23.4. The molecular formula is C29H31N4O6S+. The maximum atomic E-state index is 14.1. The number of sulfonamides is 1. The first-order chi connectivity index (χ1) is 19.0. The highest BCUT2D eigenvalue weighted by Crippen LogP contribution is 2.49. The van der Waals surface area contributed by atoms with Gasteiger partial charge in [0.15, 0.2) is 0 Å². The van der Waals surface area contributed by atoms with Gasteiger partial charge in [0.2, 0.25) is 12.2 Å². The lowest BCUT2D eigenvalue weighted by molar-refractivity contribution is -0.671. The highest BCUT2D eigenvalue weighted by atomic mass is 32.2. The van der Waals surface area contributed by atoms with Crippen LogP contribution in [0, 0.1) is 11.8 Å². The lowest BCUT2D eigenvalue weighted by Gasteiger charge is -2.46. The number of carbonyl (C=O) groups is 2. The molecule has 3 aliphatic heterocycles. The van der Waals surface area contributed by atoms with Crippen LogP contribution < -0.4 is 8.87 Å². The number of aliphatic hydroxyl groups excluding tert-OH is 1. The second-order valence-electron chi connectivity index (χ2n) is 10.9. The first kappa shape index (κ1) is 26.3. The molecule has 0 radical (unpaired) electrons. The molecule has 3 aliphatic rings. The van der Waals surface area contributed by atoms with Crippen LogP contribution in [0.25, 0.3) is 11.1 Å². The van der Waals surface area contributed by atoms with Crippen LogP contribution in [-0.4, -0.2) is 58.7 Å². The van der Waals surface area contributed by atoms with E-state index in [1.54, 1.807) is 25.1 Å². The number of rotatable bonds is 7. The number of aryl methyl sites for hydroxylation is 3. The molecule has 4 heterocycles. The third-order valence-corrected chi connectivity index (χ3v) is 10.2. The molecule has 3 aromatic rings. The van der Waals surface area contributed by atoms with Gasteiger partial charge in [0, 0.05) is 23.5 Å². The lowest BCUT2D eigenvalue weighted by atomic mass is 9.77. The number of carbonyl (C=O) groups excluding carboxylic acids is 1. The Balaban J connectivity index is 1.38. The van der Waals surface area contributed by atoms with Crippen LogP contribution >= 0.6 is 0 Å². The summed E-state index contributed by atoms with van der Waals surface area (Å²) < 4.78 is 33.4. The Bertz CT molecular complexity index is 1690. The number of β-lactam (4-membered cyclic amide) rings is 1. The van der Waals surface area contributed by atoms with E-state index in [2.05, 4.69) is 4.57 Å². The minimum Gasteiger partial charge on any atom is -0.477 e. The molecule has 0 saturated carbocycles. The van der Waals surface area contributed by atoms with Crippen LogP contribution in [-0.2, 0) is 39.6 Å². The van der Waals surface area contributed by atoms with Crippen molar-refractivity contribution in [3.8, 4) is 11.1 Å². The van der Waals surface area contributed by atoms with Crippen molar-refractivity contribution < 1.29 is 32.8 Å². The average molecular weight is 564 g/mol. The van der Waals surface area contributed by atoms with Crippen LogP contribution in [0.1, 0.15) is 19.4 Å². The number of amides is 1. The largest absolute Gasteiger partial charge is 0.477 e. The molecule has 0 aliphatic carbocycles. The highest BCUT2D eigenvalue weighted by Gasteiger charge is 2.60. The standard InChI is InChI=1S/C29H30N4O6S/c1-17-22(27(29(36)37)33-26(17)25(18(2)34)28(33)35)15-32-23-7-5-4-6-20(23)21-14-19(8-9-24(21)40(32,38)39)10-11-31-13-12-30(3)16-31/h4-9,12-14,16-18,25-26,34H,10-11,15H2,1-3H3/p+1/t17-,18+,25+,26+/m0/s1. The third kappa shape index (κ3) is 3.87. The number of imidazole rings is 1. The van der Waals surface area contributed by atoms with Crippen molar-refractivity contribution in [2.45, 2.75) is 43.9 Å². The number of hydrogen-bond donors (Lipinski definition) is 2. The zero-order valence-electron chi connectivity index (χ0n) is 22.4. The number of anilines is 1. The van der Waals surface area contributed by atoms with E-state index < -0.39 is 45.9 Å². The predicted molar refractivity (Wildman–Crippen MR) is 145 cm³/mol. The van der Waals surface area contributed by atoms with Crippen molar-refractivity contribution in [2.24, 2.45) is 18.9 Å². The van der Waals surface area contributed by atoms with Crippen LogP contribution in [0.5, 0.6) is 0 Å². The average Bonchev–Trinajstić information content (AvgIpc) is 3.43. The van der Waals surface area contributed by atoms with E-state index in [0.29, 0.717) is 16.8 Å². The van der Waals surface area contributed by atoms with Crippen LogP contribution in [0.15, 0.2) is 77.4 Å². The number of fused-ring (bicyclic) bond motifs is 4. The quantitative estimate of drug-likeness (QED) is 0.335. The SMILES string of the molecule is C[C@@H](O)[C@H]1C(=O)N2C(C(=O)O)=C(CN3c4ccccc4-c4cc(CCn5cc[n+](C)c5)ccc4S3(=O)=O)[C@H](C)[C@H]12. The molecule has 6 rings (SSSR count). The molecule has 11 heteroatoms. The fourth-order valence-corrected chi connectivity index (χ4v) is 8.06. The van der Waals surface area contributed by atoms with Crippen molar-refractivity contribution in [3.05, 3.63) is 78.0 Å². The van der Waals surface area contributed by atoms with Crippen LogP contribution in [0.3, 0.4) is 0 Å². The number of aliphatic carboxylic acids is 1. The fraction of sp³-hybridized carbons (Fsp3) is 0.345. The Morgan fingerprint density at radius 1 is 1.15 bits per heavy atom. The van der Waals surface area contributed by atoms with Crippen molar-refractivity contribution in [1.82, 2.24) is 9.47 Å². The maximum absolute atomic E-state index is 14.1. The minimum absolute atomic E-state index is 0.159. The number of benzene rings is 2. The Morgan fingerprint density at radius 3 is 2.58 bits per heavy atom. The van der Waals surface area contributed by atoms with Gasteiger partial charge in [-0.2, -0.15) is 0 Å². The van der Waals surface area contributed by atoms with E-state index in [0.717, 1.165) is 24.1 Å². The van der Waals surface area contributed by atoms with E-state index in [1.165, 1.54) is 16.1 Å². The molecule has 2 aromatic carbocycles. The molecule has 2 N–H and O–H groups in total. The zero-order chi connectivity index (χ0) is 28.5. The summed E-state index contributed by atoms with van der Waals surface area (Å²) in [5.74, 6) is -2.90. The molecule has 4 atom stereocenters. The van der Waals surface area contributed by atoms with Crippen molar-refractivity contribution in [3.63, 3.8) is 0 Å². The van der Waals surface area contributed by atoms with E-state index in [9.17, 15) is 28.2 Å². The zero-order valence-corrected chi connectivity index (χ0v) is 23.2. The lowest BCUT2D eigenvalue weighted by Crippen LogP contribution is -2.63. The van der Waals surface area contributed by atoms with Gasteiger partial charge >= 0.3 is 5.97 Å². The summed E-state index contributed by atoms with van der Waals surface area (Å²) in [5, 5.41) is 20.2. The Kier molecular flexibility index (Phi) is 6.11. The summed E-state index contributed by atoms with van der Waals surface area (Å²) in [5.41, 5.74) is 2.98. The Morgan fingerprint density at radius 2 is 1.90 bits per heavy atom. The highest BCUT2D eigenvalue weighted by molar-refractivity contribution is 7.93. The molecule has 208 valence electrons. The molecule has 0 spiro atoms. The van der Waals surface area contributed by atoms with E-state index in [1.807, 2.05) is 54.6 Å². The second kappa shape index (κ2) is 9.31. The van der Waals surface area contributed by atoms with Gasteiger partial charge < -0.3 is 15.1 Å². The summed E-state index contributed by atoms with van der Waals surface area (Å²) >= 11 is 0. The van der Waals surface area contributed by atoms with Crippen molar-refractivity contribution >= 4 is 27.6 Å². The van der Waals surface area contributed by atoms with E-state index >= 15 is 0 Å². The van der Waals surface area contributed by atoms with Gasteiger partial charge in [-0.05, 0) is 36.3 Å². The predicted octanol–water partition coefficient (Wildman–Crippen LogP) is 1.93. The van der Waals surface area contributed by atoms with Gasteiger partial charge in [-0.1, -0.05) is 31.2 Å². The molecule has 10 nitrogen and oxygen atoms in total. The first-order valence-corrected chi connectivity index (χ1v) is 14.7. The Hall–Kier alpha value is -3.96. The summed E-state index contributed by atoms with van der Waals surface area (Å²) in [6.07, 6.45) is 5.71. The van der Waals surface area contributed by atoms with Gasteiger partial charge in [0.25, 0.3) is 10.0 Å². The number of carboxylic acid groups (broad SMARTS) is 1. The number of carboxylic acids is 1.